The average molecular weight is 261 g/mol. The van der Waals surface area contributed by atoms with Crippen molar-refractivity contribution in [2.75, 3.05) is 14.2 Å². The molecule has 0 amide bonds. The standard InChI is InChI=1S/C12H11N3O2S/c1-16-8-5-6-18-10(8)12-13-7-3-4-9(17-2)14-11(7)15-12/h3-6H,1-2H3,(H,13,14,15). The van der Waals surface area contributed by atoms with Gasteiger partial charge in [-0.1, -0.05) is 0 Å². The number of aromatic nitrogens is 3. The average Bonchev–Trinajstić information content (AvgIpc) is 3.03. The first-order valence-electron chi connectivity index (χ1n) is 5.34. The summed E-state index contributed by atoms with van der Waals surface area (Å²) in [6, 6.07) is 5.62. The maximum atomic E-state index is 5.29. The quantitative estimate of drug-likeness (QED) is 0.787. The van der Waals surface area contributed by atoms with Crippen LogP contribution in [0.25, 0.3) is 21.9 Å². The summed E-state index contributed by atoms with van der Waals surface area (Å²) in [5, 5.41) is 1.97. The van der Waals surface area contributed by atoms with Crippen LogP contribution in [0.4, 0.5) is 0 Å². The molecule has 0 radical (unpaired) electrons. The number of methoxy groups -OCH3 is 2. The van der Waals surface area contributed by atoms with E-state index in [1.807, 2.05) is 17.5 Å². The minimum atomic E-state index is 0.554. The number of imidazole rings is 1. The molecule has 0 saturated heterocycles. The van der Waals surface area contributed by atoms with E-state index in [1.54, 1.807) is 31.6 Å². The van der Waals surface area contributed by atoms with Gasteiger partial charge in [-0.2, -0.15) is 4.98 Å². The Morgan fingerprint density at radius 1 is 1.11 bits per heavy atom. The fourth-order valence-electron chi connectivity index (χ4n) is 1.73. The summed E-state index contributed by atoms with van der Waals surface area (Å²) in [6.07, 6.45) is 0. The molecule has 3 heterocycles. The van der Waals surface area contributed by atoms with Crippen LogP contribution >= 0.6 is 11.3 Å². The Balaban J connectivity index is 2.13. The molecule has 18 heavy (non-hydrogen) atoms. The van der Waals surface area contributed by atoms with Gasteiger partial charge < -0.3 is 14.5 Å². The van der Waals surface area contributed by atoms with Crippen LogP contribution in [-0.4, -0.2) is 29.2 Å². The van der Waals surface area contributed by atoms with Gasteiger partial charge in [-0.25, -0.2) is 4.98 Å². The number of ether oxygens (including phenoxy) is 2. The molecule has 3 aromatic rings. The third kappa shape index (κ3) is 1.70. The Labute approximate surface area is 107 Å². The zero-order chi connectivity index (χ0) is 12.5. The molecule has 3 aromatic heterocycles. The highest BCUT2D eigenvalue weighted by molar-refractivity contribution is 7.13. The van der Waals surface area contributed by atoms with Crippen molar-refractivity contribution in [3.8, 4) is 22.3 Å². The van der Waals surface area contributed by atoms with Crippen LogP contribution in [-0.2, 0) is 0 Å². The summed E-state index contributed by atoms with van der Waals surface area (Å²) in [4.78, 5) is 12.9. The minimum absolute atomic E-state index is 0.554. The zero-order valence-corrected chi connectivity index (χ0v) is 10.7. The fourth-order valence-corrected chi connectivity index (χ4v) is 2.53. The van der Waals surface area contributed by atoms with Crippen molar-refractivity contribution >= 4 is 22.5 Å². The van der Waals surface area contributed by atoms with Gasteiger partial charge in [0, 0.05) is 6.07 Å². The van der Waals surface area contributed by atoms with E-state index in [9.17, 15) is 0 Å². The molecule has 5 nitrogen and oxygen atoms in total. The molecule has 0 unspecified atom stereocenters. The second-order valence-corrected chi connectivity index (χ2v) is 4.54. The van der Waals surface area contributed by atoms with E-state index in [-0.39, 0.29) is 0 Å². The SMILES string of the molecule is COc1ccc2[nH]c(-c3sccc3OC)nc2n1. The largest absolute Gasteiger partial charge is 0.495 e. The van der Waals surface area contributed by atoms with Crippen LogP contribution in [0.15, 0.2) is 23.6 Å². The maximum absolute atomic E-state index is 5.29. The summed E-state index contributed by atoms with van der Waals surface area (Å²) in [7, 11) is 3.24. The van der Waals surface area contributed by atoms with Crippen LogP contribution in [0, 0.1) is 0 Å². The summed E-state index contributed by atoms with van der Waals surface area (Å²) < 4.78 is 10.4. The predicted molar refractivity (Wildman–Crippen MR) is 70.3 cm³/mol. The van der Waals surface area contributed by atoms with E-state index in [2.05, 4.69) is 15.0 Å². The van der Waals surface area contributed by atoms with Gasteiger partial charge in [0.2, 0.25) is 5.88 Å². The molecule has 0 fully saturated rings. The molecule has 0 aliphatic carbocycles. The van der Waals surface area contributed by atoms with Crippen LogP contribution in [0.5, 0.6) is 11.6 Å². The first kappa shape index (κ1) is 11.0. The van der Waals surface area contributed by atoms with Crippen molar-refractivity contribution in [3.63, 3.8) is 0 Å². The molecule has 3 rings (SSSR count). The van der Waals surface area contributed by atoms with Crippen molar-refractivity contribution < 1.29 is 9.47 Å². The fraction of sp³-hybridized carbons (Fsp3) is 0.167. The molecular weight excluding hydrogens is 250 g/mol. The highest BCUT2D eigenvalue weighted by atomic mass is 32.1. The highest BCUT2D eigenvalue weighted by Crippen LogP contribution is 2.34. The summed E-state index contributed by atoms with van der Waals surface area (Å²) in [5.74, 6) is 2.13. The van der Waals surface area contributed by atoms with Gasteiger partial charge in [-0.3, -0.25) is 0 Å². The van der Waals surface area contributed by atoms with Gasteiger partial charge in [-0.05, 0) is 17.5 Å². The van der Waals surface area contributed by atoms with E-state index in [4.69, 9.17) is 9.47 Å². The van der Waals surface area contributed by atoms with Crippen LogP contribution < -0.4 is 9.47 Å². The molecule has 0 atom stereocenters. The normalized spacial score (nSPS) is 10.8. The van der Waals surface area contributed by atoms with Gasteiger partial charge in [0.15, 0.2) is 11.5 Å². The molecule has 0 saturated carbocycles. The molecule has 6 heteroatoms. The molecule has 92 valence electrons. The topological polar surface area (TPSA) is 60.0 Å². The molecule has 0 aromatic carbocycles. The Morgan fingerprint density at radius 2 is 2.00 bits per heavy atom. The van der Waals surface area contributed by atoms with E-state index < -0.39 is 0 Å². The van der Waals surface area contributed by atoms with E-state index in [1.165, 1.54) is 0 Å². The Bertz CT molecular complexity index is 690. The Hall–Kier alpha value is -2.08. The van der Waals surface area contributed by atoms with Crippen molar-refractivity contribution in [3.05, 3.63) is 23.6 Å². The number of nitrogens with zero attached hydrogens (tertiary/aromatic N) is 2. The maximum Gasteiger partial charge on any atom is 0.215 e. The molecule has 0 aliphatic rings. The van der Waals surface area contributed by atoms with Gasteiger partial charge >= 0.3 is 0 Å². The van der Waals surface area contributed by atoms with Crippen molar-refractivity contribution in [1.82, 2.24) is 15.0 Å². The Morgan fingerprint density at radius 3 is 2.78 bits per heavy atom. The number of aromatic amines is 1. The second-order valence-electron chi connectivity index (χ2n) is 3.63. The Kier molecular flexibility index (Phi) is 2.64. The number of H-pyrrole nitrogens is 1. The van der Waals surface area contributed by atoms with Crippen LogP contribution in [0.3, 0.4) is 0 Å². The number of thiophene rings is 1. The van der Waals surface area contributed by atoms with E-state index in [0.717, 1.165) is 22.0 Å². The third-order valence-corrected chi connectivity index (χ3v) is 3.50. The highest BCUT2D eigenvalue weighted by Gasteiger charge is 2.12. The lowest BCUT2D eigenvalue weighted by molar-refractivity contribution is 0.399. The molecular formula is C12H11N3O2S. The van der Waals surface area contributed by atoms with Crippen molar-refractivity contribution in [2.24, 2.45) is 0 Å². The summed E-state index contributed by atoms with van der Waals surface area (Å²) in [6.45, 7) is 0. The lowest BCUT2D eigenvalue weighted by atomic mass is 10.4. The first-order valence-corrected chi connectivity index (χ1v) is 6.22. The van der Waals surface area contributed by atoms with Crippen LogP contribution in [0.2, 0.25) is 0 Å². The predicted octanol–water partition coefficient (Wildman–Crippen LogP) is 2.70. The molecule has 1 N–H and O–H groups in total. The number of hydrogen-bond acceptors (Lipinski definition) is 5. The zero-order valence-electron chi connectivity index (χ0n) is 9.93. The number of pyridine rings is 1. The van der Waals surface area contributed by atoms with Crippen LogP contribution in [0.1, 0.15) is 0 Å². The monoisotopic (exact) mass is 261 g/mol. The molecule has 0 aliphatic heterocycles. The number of fused-ring (bicyclic) bond motifs is 1. The van der Waals surface area contributed by atoms with Crippen molar-refractivity contribution in [1.29, 1.82) is 0 Å². The minimum Gasteiger partial charge on any atom is -0.495 e. The van der Waals surface area contributed by atoms with Crippen molar-refractivity contribution in [2.45, 2.75) is 0 Å². The lowest BCUT2D eigenvalue weighted by Crippen LogP contribution is -1.86. The smallest absolute Gasteiger partial charge is 0.215 e. The van der Waals surface area contributed by atoms with Gasteiger partial charge in [0.1, 0.15) is 10.6 Å². The summed E-state index contributed by atoms with van der Waals surface area (Å²) in [5.41, 5.74) is 1.51. The summed E-state index contributed by atoms with van der Waals surface area (Å²) >= 11 is 1.57. The second kappa shape index (κ2) is 4.30. The molecule has 0 spiro atoms. The molecule has 0 bridgehead atoms. The lowest BCUT2D eigenvalue weighted by Gasteiger charge is -1.97. The first-order chi connectivity index (χ1) is 8.81. The number of hydrogen-bond donors (Lipinski definition) is 1. The van der Waals surface area contributed by atoms with Gasteiger partial charge in [0.05, 0.1) is 19.7 Å². The van der Waals surface area contributed by atoms with Gasteiger partial charge in [-0.15, -0.1) is 11.3 Å². The third-order valence-electron chi connectivity index (χ3n) is 2.59. The number of rotatable bonds is 3. The van der Waals surface area contributed by atoms with Gasteiger partial charge in [0.25, 0.3) is 0 Å². The van der Waals surface area contributed by atoms with E-state index >= 15 is 0 Å². The number of nitrogens with one attached hydrogen (secondary N) is 1. The van der Waals surface area contributed by atoms with E-state index in [0.29, 0.717) is 11.5 Å².